The van der Waals surface area contributed by atoms with Crippen LogP contribution in [-0.2, 0) is 17.6 Å². The normalized spacial score (nSPS) is 27.5. The number of para-hydroxylation sites is 1. The van der Waals surface area contributed by atoms with Crippen LogP contribution in [0.2, 0.25) is 0 Å². The van der Waals surface area contributed by atoms with Gasteiger partial charge in [0, 0.05) is 6.42 Å². The Morgan fingerprint density at radius 1 is 0.893 bits per heavy atom. The fourth-order valence-electron chi connectivity index (χ4n) is 3.39. The van der Waals surface area contributed by atoms with E-state index in [0.29, 0.717) is 12.2 Å². The number of rotatable bonds is 7. The monoisotopic (exact) mass is 388 g/mol. The highest BCUT2D eigenvalue weighted by Gasteiger charge is 2.44. The Labute approximate surface area is 165 Å². The lowest BCUT2D eigenvalue weighted by molar-refractivity contribution is -0.277. The van der Waals surface area contributed by atoms with Crippen LogP contribution < -0.4 is 4.74 Å². The van der Waals surface area contributed by atoms with Gasteiger partial charge in [0.05, 0.1) is 6.61 Å². The highest BCUT2D eigenvalue weighted by molar-refractivity contribution is 5.38. The minimum absolute atomic E-state index is 0.490. The van der Waals surface area contributed by atoms with Crippen molar-refractivity contribution in [2.45, 2.75) is 56.9 Å². The fraction of sp³-hybridized carbons (Fsp3) is 0.455. The van der Waals surface area contributed by atoms with E-state index in [1.54, 1.807) is 6.07 Å². The third-order valence-corrected chi connectivity index (χ3v) is 5.02. The quantitative estimate of drug-likeness (QED) is 0.572. The summed E-state index contributed by atoms with van der Waals surface area (Å²) < 4.78 is 11.3. The van der Waals surface area contributed by atoms with E-state index in [2.05, 4.69) is 31.2 Å². The Bertz CT molecular complexity index is 745. The Hall–Kier alpha value is -1.96. The number of aliphatic hydroxyl groups is 4. The predicted molar refractivity (Wildman–Crippen MR) is 104 cm³/mol. The van der Waals surface area contributed by atoms with E-state index in [4.69, 9.17) is 9.47 Å². The van der Waals surface area contributed by atoms with Gasteiger partial charge in [0.25, 0.3) is 0 Å². The first kappa shape index (κ1) is 20.8. The molecule has 1 aliphatic heterocycles. The molecular weight excluding hydrogens is 360 g/mol. The van der Waals surface area contributed by atoms with E-state index in [1.165, 1.54) is 5.56 Å². The Kier molecular flexibility index (Phi) is 7.04. The molecule has 0 saturated carbocycles. The van der Waals surface area contributed by atoms with E-state index < -0.39 is 37.3 Å². The lowest BCUT2D eigenvalue weighted by Gasteiger charge is -2.39. The number of hydrogen-bond acceptors (Lipinski definition) is 6. The molecule has 1 saturated heterocycles. The molecule has 6 heteroatoms. The standard InChI is InChI=1S/C22H28O6/c1-2-5-14-8-10-15(11-9-14)12-16-6-3-4-7-17(16)27-22-21(26)20(25)19(24)18(13-23)28-22/h3-4,6-11,18-26H,2,5,12-13H2,1H3/t18-,19-,20+,21-,22-/m1/s1. The molecule has 0 amide bonds. The van der Waals surface area contributed by atoms with Gasteiger partial charge in [0.2, 0.25) is 6.29 Å². The SMILES string of the molecule is CCCc1ccc(Cc2ccccc2O[C@@H]2O[C@H](CO)[C@@H](O)[C@H](O)[C@H]2O)cc1. The van der Waals surface area contributed by atoms with E-state index in [9.17, 15) is 20.4 Å². The highest BCUT2D eigenvalue weighted by Crippen LogP contribution is 2.28. The fourth-order valence-corrected chi connectivity index (χ4v) is 3.39. The molecule has 1 fully saturated rings. The summed E-state index contributed by atoms with van der Waals surface area (Å²) in [5.41, 5.74) is 3.34. The molecule has 0 spiro atoms. The average molecular weight is 388 g/mol. The molecule has 0 aromatic heterocycles. The molecule has 28 heavy (non-hydrogen) atoms. The first-order valence-electron chi connectivity index (χ1n) is 9.66. The summed E-state index contributed by atoms with van der Waals surface area (Å²) in [7, 11) is 0. The van der Waals surface area contributed by atoms with Crippen molar-refractivity contribution < 1.29 is 29.9 Å². The molecular formula is C22H28O6. The minimum atomic E-state index is -1.46. The van der Waals surface area contributed by atoms with E-state index in [1.807, 2.05) is 18.2 Å². The smallest absolute Gasteiger partial charge is 0.229 e. The van der Waals surface area contributed by atoms with Gasteiger partial charge in [0.1, 0.15) is 30.2 Å². The highest BCUT2D eigenvalue weighted by atomic mass is 16.7. The maximum absolute atomic E-state index is 10.2. The Morgan fingerprint density at radius 3 is 2.25 bits per heavy atom. The summed E-state index contributed by atoms with van der Waals surface area (Å²) in [6.07, 6.45) is -3.69. The van der Waals surface area contributed by atoms with Crippen molar-refractivity contribution >= 4 is 0 Å². The summed E-state index contributed by atoms with van der Waals surface area (Å²) >= 11 is 0. The van der Waals surface area contributed by atoms with Crippen LogP contribution >= 0.6 is 0 Å². The maximum atomic E-state index is 10.2. The lowest BCUT2D eigenvalue weighted by atomic mass is 9.99. The predicted octanol–water partition coefficient (Wildman–Crippen LogP) is 1.41. The van der Waals surface area contributed by atoms with Crippen molar-refractivity contribution in [3.05, 3.63) is 65.2 Å². The molecule has 2 aromatic rings. The number of hydrogen-bond donors (Lipinski definition) is 4. The molecule has 0 unspecified atom stereocenters. The van der Waals surface area contributed by atoms with Crippen LogP contribution in [0, 0.1) is 0 Å². The Morgan fingerprint density at radius 2 is 1.57 bits per heavy atom. The van der Waals surface area contributed by atoms with Crippen molar-refractivity contribution in [2.75, 3.05) is 6.61 Å². The van der Waals surface area contributed by atoms with Crippen LogP contribution in [0.3, 0.4) is 0 Å². The lowest BCUT2D eigenvalue weighted by Crippen LogP contribution is -2.60. The van der Waals surface area contributed by atoms with E-state index >= 15 is 0 Å². The summed E-state index contributed by atoms with van der Waals surface area (Å²) in [6, 6.07) is 15.8. The van der Waals surface area contributed by atoms with Gasteiger partial charge < -0.3 is 29.9 Å². The molecule has 0 bridgehead atoms. The molecule has 2 aromatic carbocycles. The number of aliphatic hydroxyl groups excluding tert-OH is 4. The molecule has 152 valence electrons. The van der Waals surface area contributed by atoms with Gasteiger partial charge in [-0.05, 0) is 29.2 Å². The number of benzene rings is 2. The molecule has 4 N–H and O–H groups in total. The van der Waals surface area contributed by atoms with Crippen LogP contribution in [0.5, 0.6) is 5.75 Å². The molecule has 0 radical (unpaired) electrons. The zero-order chi connectivity index (χ0) is 20.1. The summed E-state index contributed by atoms with van der Waals surface area (Å²) in [6.45, 7) is 1.66. The molecule has 1 aliphatic rings. The summed E-state index contributed by atoms with van der Waals surface area (Å²) in [5.74, 6) is 0.518. The van der Waals surface area contributed by atoms with Crippen molar-refractivity contribution in [3.8, 4) is 5.75 Å². The van der Waals surface area contributed by atoms with Gasteiger partial charge in [-0.1, -0.05) is 55.8 Å². The molecule has 5 atom stereocenters. The van der Waals surface area contributed by atoms with Gasteiger partial charge in [-0.3, -0.25) is 0 Å². The Balaban J connectivity index is 1.74. The van der Waals surface area contributed by atoms with Crippen LogP contribution in [0.25, 0.3) is 0 Å². The van der Waals surface area contributed by atoms with Crippen molar-refractivity contribution in [2.24, 2.45) is 0 Å². The topological polar surface area (TPSA) is 99.4 Å². The zero-order valence-electron chi connectivity index (χ0n) is 15.9. The molecule has 3 rings (SSSR count). The van der Waals surface area contributed by atoms with Crippen LogP contribution in [0.15, 0.2) is 48.5 Å². The molecule has 1 heterocycles. The van der Waals surface area contributed by atoms with E-state index in [-0.39, 0.29) is 0 Å². The van der Waals surface area contributed by atoms with Gasteiger partial charge in [-0.15, -0.1) is 0 Å². The summed E-state index contributed by atoms with van der Waals surface area (Å²) in [5, 5.41) is 39.4. The van der Waals surface area contributed by atoms with Gasteiger partial charge in [-0.25, -0.2) is 0 Å². The van der Waals surface area contributed by atoms with Gasteiger partial charge in [-0.2, -0.15) is 0 Å². The third-order valence-electron chi connectivity index (χ3n) is 5.02. The van der Waals surface area contributed by atoms with Gasteiger partial charge in [0.15, 0.2) is 0 Å². The molecule has 0 aliphatic carbocycles. The second-order valence-electron chi connectivity index (χ2n) is 7.17. The first-order valence-corrected chi connectivity index (χ1v) is 9.66. The second kappa shape index (κ2) is 9.49. The number of ether oxygens (including phenoxy) is 2. The van der Waals surface area contributed by atoms with Crippen molar-refractivity contribution in [1.29, 1.82) is 0 Å². The van der Waals surface area contributed by atoms with Crippen molar-refractivity contribution in [3.63, 3.8) is 0 Å². The van der Waals surface area contributed by atoms with Gasteiger partial charge >= 0.3 is 0 Å². The number of aryl methyl sites for hydroxylation is 1. The second-order valence-corrected chi connectivity index (χ2v) is 7.17. The molecule has 6 nitrogen and oxygen atoms in total. The van der Waals surface area contributed by atoms with Crippen molar-refractivity contribution in [1.82, 2.24) is 0 Å². The van der Waals surface area contributed by atoms with Crippen LogP contribution in [0.4, 0.5) is 0 Å². The van der Waals surface area contributed by atoms with E-state index in [0.717, 1.165) is 24.0 Å². The minimum Gasteiger partial charge on any atom is -0.462 e. The van der Waals surface area contributed by atoms with Crippen LogP contribution in [-0.4, -0.2) is 57.7 Å². The summed E-state index contributed by atoms with van der Waals surface area (Å²) in [4.78, 5) is 0. The zero-order valence-corrected chi connectivity index (χ0v) is 15.9. The maximum Gasteiger partial charge on any atom is 0.229 e. The average Bonchev–Trinajstić information content (AvgIpc) is 2.71. The largest absolute Gasteiger partial charge is 0.462 e. The van der Waals surface area contributed by atoms with Crippen LogP contribution in [0.1, 0.15) is 30.0 Å². The first-order chi connectivity index (χ1) is 13.5. The third kappa shape index (κ3) is 4.71.